The predicted octanol–water partition coefficient (Wildman–Crippen LogP) is 0.415. The lowest BCUT2D eigenvalue weighted by atomic mass is 9.90. The fraction of sp³-hybridized carbons (Fsp3) is 0.800. The molecule has 0 aliphatic carbocycles. The van der Waals surface area contributed by atoms with Gasteiger partial charge >= 0.3 is 6.09 Å². The van der Waals surface area contributed by atoms with E-state index in [1.54, 1.807) is 20.8 Å². The first-order valence-corrected chi connectivity index (χ1v) is 4.94. The summed E-state index contributed by atoms with van der Waals surface area (Å²) in [4.78, 5) is 24.2. The predicted molar refractivity (Wildman–Crippen MR) is 53.4 cm³/mol. The zero-order chi connectivity index (χ0) is 11.6. The number of amides is 1. The minimum Gasteiger partial charge on any atom is -0.442 e. The van der Waals surface area contributed by atoms with Crippen LogP contribution in [0.5, 0.6) is 0 Å². The maximum Gasteiger partial charge on any atom is 0.410 e. The lowest BCUT2D eigenvalue weighted by Crippen LogP contribution is -2.36. The summed E-state index contributed by atoms with van der Waals surface area (Å²) in [6.07, 6.45) is -1.02. The molecule has 86 valence electrons. The van der Waals surface area contributed by atoms with Gasteiger partial charge in [-0.25, -0.2) is 4.79 Å². The molecule has 0 aromatic carbocycles. The molecule has 5 nitrogen and oxygen atoms in total. The van der Waals surface area contributed by atoms with Crippen LogP contribution in [0, 0.1) is 5.41 Å². The zero-order valence-corrected chi connectivity index (χ0v) is 9.32. The molecule has 15 heavy (non-hydrogen) atoms. The maximum atomic E-state index is 11.6. The fourth-order valence-corrected chi connectivity index (χ4v) is 1.21. The third-order valence-electron chi connectivity index (χ3n) is 2.32. The highest BCUT2D eigenvalue weighted by atomic mass is 16.6. The quantitative estimate of drug-likeness (QED) is 0.740. The second-order valence-corrected chi connectivity index (χ2v) is 4.74. The number of carbonyl (C=O) groups is 2. The van der Waals surface area contributed by atoms with Gasteiger partial charge in [0.15, 0.2) is 5.78 Å². The Bertz CT molecular complexity index is 269. The van der Waals surface area contributed by atoms with Gasteiger partial charge in [-0.1, -0.05) is 20.8 Å². The average Bonchev–Trinajstić information content (AvgIpc) is 2.45. The maximum absolute atomic E-state index is 11.6. The van der Waals surface area contributed by atoms with E-state index < -0.39 is 17.6 Å². The number of hydrogen-bond acceptors (Lipinski definition) is 4. The first-order valence-electron chi connectivity index (χ1n) is 4.94. The van der Waals surface area contributed by atoms with Crippen LogP contribution in [0.3, 0.4) is 0 Å². The van der Waals surface area contributed by atoms with Crippen molar-refractivity contribution in [2.75, 3.05) is 19.7 Å². The van der Waals surface area contributed by atoms with Crippen LogP contribution in [0.25, 0.3) is 0 Å². The van der Waals surface area contributed by atoms with Gasteiger partial charge in [0.2, 0.25) is 0 Å². The van der Waals surface area contributed by atoms with Gasteiger partial charge in [-0.05, 0) is 0 Å². The van der Waals surface area contributed by atoms with Crippen molar-refractivity contribution in [2.24, 2.45) is 5.41 Å². The van der Waals surface area contributed by atoms with Crippen molar-refractivity contribution in [1.29, 1.82) is 0 Å². The largest absolute Gasteiger partial charge is 0.442 e. The topological polar surface area (TPSA) is 66.8 Å². The Hall–Kier alpha value is -1.10. The molecule has 1 saturated heterocycles. The molecule has 0 aromatic heterocycles. The van der Waals surface area contributed by atoms with E-state index in [1.165, 1.54) is 4.90 Å². The summed E-state index contributed by atoms with van der Waals surface area (Å²) < 4.78 is 4.82. The molecule has 0 spiro atoms. The SMILES string of the molecule is CC(C)(C)C(=O)CN1C[C@@H](CO)OC1=O. The molecule has 5 heteroatoms. The van der Waals surface area contributed by atoms with E-state index in [1.807, 2.05) is 0 Å². The van der Waals surface area contributed by atoms with Crippen molar-refractivity contribution >= 4 is 11.9 Å². The minimum absolute atomic E-state index is 0.0157. The van der Waals surface area contributed by atoms with Crippen LogP contribution in [0.2, 0.25) is 0 Å². The highest BCUT2D eigenvalue weighted by Gasteiger charge is 2.34. The molecule has 0 aromatic rings. The van der Waals surface area contributed by atoms with E-state index in [0.717, 1.165) is 0 Å². The number of aliphatic hydroxyl groups is 1. The molecule has 1 fully saturated rings. The Labute approximate surface area is 89.0 Å². The summed E-state index contributed by atoms with van der Waals surface area (Å²) in [5.74, 6) is -0.0157. The van der Waals surface area contributed by atoms with Gasteiger partial charge in [-0.2, -0.15) is 0 Å². The molecule has 1 heterocycles. The molecule has 1 rings (SSSR count). The molecule has 1 aliphatic heterocycles. The normalized spacial score (nSPS) is 21.7. The Morgan fingerprint density at radius 2 is 2.20 bits per heavy atom. The van der Waals surface area contributed by atoms with Gasteiger partial charge in [0.25, 0.3) is 0 Å². The average molecular weight is 215 g/mol. The highest BCUT2D eigenvalue weighted by molar-refractivity contribution is 5.88. The third-order valence-corrected chi connectivity index (χ3v) is 2.32. The van der Waals surface area contributed by atoms with Gasteiger partial charge in [-0.3, -0.25) is 9.69 Å². The second-order valence-electron chi connectivity index (χ2n) is 4.74. The summed E-state index contributed by atoms with van der Waals surface area (Å²) >= 11 is 0. The molecule has 0 unspecified atom stereocenters. The number of Topliss-reactive ketones (excluding diaryl/α,β-unsaturated/α-hetero) is 1. The number of hydrogen-bond donors (Lipinski definition) is 1. The van der Waals surface area contributed by atoms with E-state index in [-0.39, 0.29) is 25.5 Å². The fourth-order valence-electron chi connectivity index (χ4n) is 1.21. The summed E-state index contributed by atoms with van der Waals surface area (Å²) in [5.41, 5.74) is -0.461. The molecular formula is C10H17NO4. The Balaban J connectivity index is 2.53. The monoisotopic (exact) mass is 215 g/mol. The summed E-state index contributed by atoms with van der Waals surface area (Å²) in [7, 11) is 0. The number of ketones is 1. The summed E-state index contributed by atoms with van der Waals surface area (Å²) in [6, 6.07) is 0. The third kappa shape index (κ3) is 2.92. The first-order chi connectivity index (χ1) is 6.84. The lowest BCUT2D eigenvalue weighted by molar-refractivity contribution is -0.126. The van der Waals surface area contributed by atoms with Crippen LogP contribution in [-0.4, -0.2) is 47.7 Å². The minimum atomic E-state index is -0.522. The number of ether oxygens (including phenoxy) is 1. The van der Waals surface area contributed by atoms with Crippen LogP contribution >= 0.6 is 0 Å². The molecule has 1 N–H and O–H groups in total. The first kappa shape index (κ1) is 12.0. The second kappa shape index (κ2) is 4.18. The number of nitrogens with zero attached hydrogens (tertiary/aromatic N) is 1. The molecule has 1 atom stereocenters. The summed E-state index contributed by atoms with van der Waals surface area (Å²) in [6.45, 7) is 5.56. The van der Waals surface area contributed by atoms with Crippen LogP contribution in [-0.2, 0) is 9.53 Å². The Morgan fingerprint density at radius 3 is 2.60 bits per heavy atom. The molecular weight excluding hydrogens is 198 g/mol. The van der Waals surface area contributed by atoms with E-state index >= 15 is 0 Å². The Morgan fingerprint density at radius 1 is 1.60 bits per heavy atom. The van der Waals surface area contributed by atoms with Crippen LogP contribution in [0.15, 0.2) is 0 Å². The Kier molecular flexibility index (Phi) is 3.34. The van der Waals surface area contributed by atoms with Gasteiger partial charge in [0.1, 0.15) is 6.10 Å². The zero-order valence-electron chi connectivity index (χ0n) is 9.32. The van der Waals surface area contributed by atoms with Crippen molar-refractivity contribution in [3.05, 3.63) is 0 Å². The lowest BCUT2D eigenvalue weighted by Gasteiger charge is -2.20. The van der Waals surface area contributed by atoms with E-state index in [9.17, 15) is 9.59 Å². The van der Waals surface area contributed by atoms with E-state index in [2.05, 4.69) is 0 Å². The van der Waals surface area contributed by atoms with E-state index in [4.69, 9.17) is 9.84 Å². The standard InChI is InChI=1S/C10H17NO4/c1-10(2,3)8(13)5-11-4-7(6-12)15-9(11)14/h7,12H,4-6H2,1-3H3/t7-/m0/s1. The van der Waals surface area contributed by atoms with Crippen molar-refractivity contribution in [2.45, 2.75) is 26.9 Å². The van der Waals surface area contributed by atoms with Gasteiger partial charge in [0.05, 0.1) is 19.7 Å². The molecule has 0 saturated carbocycles. The molecule has 1 aliphatic rings. The molecule has 1 amide bonds. The number of carbonyl (C=O) groups excluding carboxylic acids is 2. The number of cyclic esters (lactones) is 1. The highest BCUT2D eigenvalue weighted by Crippen LogP contribution is 2.18. The van der Waals surface area contributed by atoms with Gasteiger partial charge in [-0.15, -0.1) is 0 Å². The number of rotatable bonds is 3. The van der Waals surface area contributed by atoms with E-state index in [0.29, 0.717) is 0 Å². The van der Waals surface area contributed by atoms with Crippen molar-refractivity contribution in [3.63, 3.8) is 0 Å². The smallest absolute Gasteiger partial charge is 0.410 e. The van der Waals surface area contributed by atoms with Gasteiger partial charge < -0.3 is 9.84 Å². The number of aliphatic hydroxyl groups excluding tert-OH is 1. The van der Waals surface area contributed by atoms with Crippen molar-refractivity contribution in [1.82, 2.24) is 4.90 Å². The van der Waals surface area contributed by atoms with Crippen LogP contribution < -0.4 is 0 Å². The summed E-state index contributed by atoms with van der Waals surface area (Å²) in [5, 5.41) is 8.81. The molecule has 0 radical (unpaired) electrons. The van der Waals surface area contributed by atoms with Crippen molar-refractivity contribution < 1.29 is 19.4 Å². The molecule has 0 bridgehead atoms. The van der Waals surface area contributed by atoms with Crippen LogP contribution in [0.4, 0.5) is 4.79 Å². The van der Waals surface area contributed by atoms with Crippen LogP contribution in [0.1, 0.15) is 20.8 Å². The van der Waals surface area contributed by atoms with Crippen molar-refractivity contribution in [3.8, 4) is 0 Å². The van der Waals surface area contributed by atoms with Gasteiger partial charge in [0, 0.05) is 5.41 Å².